The molecule has 3 aliphatic rings. The molecule has 0 amide bonds. The maximum Gasteiger partial charge on any atom is 0.116 e. The Hall–Kier alpha value is -0.170. The van der Waals surface area contributed by atoms with E-state index in [0.29, 0.717) is 6.54 Å². The number of aliphatic hydroxyl groups is 1. The van der Waals surface area contributed by atoms with Gasteiger partial charge >= 0.3 is 0 Å². The van der Waals surface area contributed by atoms with Crippen LogP contribution in [0.2, 0.25) is 0 Å². The van der Waals surface area contributed by atoms with Crippen LogP contribution >= 0.6 is 0 Å². The van der Waals surface area contributed by atoms with Crippen molar-refractivity contribution < 1.29 is 22.6 Å². The number of aliphatic hydroxyl groups excluding tert-OH is 1. The quantitative estimate of drug-likeness (QED) is 0.539. The zero-order valence-electron chi connectivity index (χ0n) is 9.34. The molecule has 0 aromatic rings. The molecular formula is C10H19NO4S. The fourth-order valence-electron chi connectivity index (χ4n) is 3.15. The molecule has 1 N–H and O–H groups in total. The zero-order chi connectivity index (χ0) is 11.8. The lowest BCUT2D eigenvalue weighted by Crippen LogP contribution is -2.61. The van der Waals surface area contributed by atoms with Gasteiger partial charge in [-0.2, -0.15) is 0 Å². The van der Waals surface area contributed by atoms with E-state index >= 15 is 0 Å². The van der Waals surface area contributed by atoms with Crippen LogP contribution in [-0.4, -0.2) is 60.6 Å². The van der Waals surface area contributed by atoms with Crippen molar-refractivity contribution in [3.05, 3.63) is 0 Å². The van der Waals surface area contributed by atoms with E-state index < -0.39 is 22.0 Å². The second-order valence-corrected chi connectivity index (χ2v) is 6.75. The van der Waals surface area contributed by atoms with Gasteiger partial charge < -0.3 is 14.1 Å². The minimum absolute atomic E-state index is 0.425. The summed E-state index contributed by atoms with van der Waals surface area (Å²) in [6, 6.07) is 0. The molecule has 0 aromatic heterocycles. The summed E-state index contributed by atoms with van der Waals surface area (Å²) >= 11 is 0. The highest BCUT2D eigenvalue weighted by Crippen LogP contribution is 2.33. The predicted octanol–water partition coefficient (Wildman–Crippen LogP) is -0.477. The molecule has 1 unspecified atom stereocenters. The van der Waals surface area contributed by atoms with Crippen molar-refractivity contribution in [1.82, 2.24) is 0 Å². The van der Waals surface area contributed by atoms with Crippen molar-refractivity contribution in [2.45, 2.75) is 25.4 Å². The highest BCUT2D eigenvalue weighted by Gasteiger charge is 2.40. The van der Waals surface area contributed by atoms with Gasteiger partial charge in [-0.15, -0.1) is 0 Å². The molecule has 0 radical (unpaired) electrons. The van der Waals surface area contributed by atoms with Gasteiger partial charge in [-0.3, -0.25) is 0 Å². The summed E-state index contributed by atoms with van der Waals surface area (Å²) in [6.07, 6.45) is 2.53. The van der Waals surface area contributed by atoms with Crippen LogP contribution in [0.4, 0.5) is 0 Å². The summed E-state index contributed by atoms with van der Waals surface area (Å²) in [5, 5.41) is 9.66. The van der Waals surface area contributed by atoms with E-state index in [-0.39, 0.29) is 0 Å². The van der Waals surface area contributed by atoms with Gasteiger partial charge in [0.25, 0.3) is 0 Å². The molecule has 3 rings (SSSR count). The maximum atomic E-state index is 10.6. The van der Waals surface area contributed by atoms with Crippen LogP contribution in [-0.2, 0) is 10.1 Å². The van der Waals surface area contributed by atoms with E-state index in [1.165, 1.54) is 19.3 Å². The van der Waals surface area contributed by atoms with Crippen molar-refractivity contribution in [2.24, 2.45) is 5.92 Å². The van der Waals surface area contributed by atoms with E-state index in [4.69, 9.17) is 0 Å². The molecule has 0 aliphatic carbocycles. The second kappa shape index (κ2) is 4.25. The molecule has 5 nitrogen and oxygen atoms in total. The predicted molar refractivity (Wildman–Crippen MR) is 57.6 cm³/mol. The Bertz CT molecular complexity index is 332. The first-order valence-electron chi connectivity index (χ1n) is 5.85. The van der Waals surface area contributed by atoms with Crippen molar-refractivity contribution in [3.63, 3.8) is 0 Å². The van der Waals surface area contributed by atoms with Crippen molar-refractivity contribution in [3.8, 4) is 0 Å². The fraction of sp³-hybridized carbons (Fsp3) is 1.00. The molecule has 0 aromatic carbocycles. The summed E-state index contributed by atoms with van der Waals surface area (Å²) < 4.78 is 32.5. The average Bonchev–Trinajstić information content (AvgIpc) is 2.16. The van der Waals surface area contributed by atoms with E-state index in [0.717, 1.165) is 30.0 Å². The summed E-state index contributed by atoms with van der Waals surface area (Å²) in [6.45, 7) is 3.51. The molecule has 6 heteroatoms. The third-order valence-corrected chi connectivity index (χ3v) is 4.82. The lowest BCUT2D eigenvalue weighted by atomic mass is 9.85. The van der Waals surface area contributed by atoms with Gasteiger partial charge in [0.05, 0.1) is 35.5 Å². The molecular weight excluding hydrogens is 230 g/mol. The summed E-state index contributed by atoms with van der Waals surface area (Å²) in [5.74, 6) is 0.191. The number of nitrogens with zero attached hydrogens (tertiary/aromatic N) is 1. The van der Waals surface area contributed by atoms with Gasteiger partial charge in [0.2, 0.25) is 0 Å². The number of hydrogen-bond donors (Lipinski definition) is 1. The Balaban J connectivity index is 1.93. The molecule has 2 bridgehead atoms. The lowest BCUT2D eigenvalue weighted by molar-refractivity contribution is -0.945. The van der Waals surface area contributed by atoms with Crippen LogP contribution in [0.5, 0.6) is 0 Å². The Labute approximate surface area is 96.4 Å². The number of fused-ring (bicyclic) bond motifs is 3. The normalized spacial score (nSPS) is 36.2. The number of hydrogen-bond acceptors (Lipinski definition) is 4. The van der Waals surface area contributed by atoms with Crippen LogP contribution in [0.25, 0.3) is 0 Å². The van der Waals surface area contributed by atoms with E-state index in [1.807, 2.05) is 0 Å². The van der Waals surface area contributed by atoms with E-state index in [9.17, 15) is 18.1 Å². The van der Waals surface area contributed by atoms with Crippen molar-refractivity contribution in [1.29, 1.82) is 0 Å². The topological polar surface area (TPSA) is 77.4 Å². The molecule has 3 heterocycles. The molecule has 3 fully saturated rings. The van der Waals surface area contributed by atoms with Crippen LogP contribution in [0.15, 0.2) is 0 Å². The molecule has 94 valence electrons. The van der Waals surface area contributed by atoms with Gasteiger partial charge in [0, 0.05) is 0 Å². The second-order valence-electron chi connectivity index (χ2n) is 5.31. The first-order chi connectivity index (χ1) is 7.39. The van der Waals surface area contributed by atoms with Gasteiger partial charge in [0.15, 0.2) is 0 Å². The first-order valence-corrected chi connectivity index (χ1v) is 7.43. The van der Waals surface area contributed by atoms with Gasteiger partial charge in [-0.25, -0.2) is 8.42 Å². The maximum absolute atomic E-state index is 10.6. The Kier molecular flexibility index (Phi) is 3.27. The number of rotatable bonds is 4. The third-order valence-electron chi connectivity index (χ3n) is 4.03. The molecule has 16 heavy (non-hydrogen) atoms. The molecule has 3 aliphatic heterocycles. The molecule has 3 saturated heterocycles. The standard InChI is InChI=1S/C10H19NO4S/c12-10(8-16(13,14)15)7-11-4-1-9(2-5-11)3-6-11/h9-10,12H,1-8H2. The van der Waals surface area contributed by atoms with Crippen LogP contribution in [0.1, 0.15) is 19.3 Å². The minimum Gasteiger partial charge on any atom is -0.748 e. The smallest absolute Gasteiger partial charge is 0.116 e. The summed E-state index contributed by atoms with van der Waals surface area (Å²) in [5.41, 5.74) is 0. The summed E-state index contributed by atoms with van der Waals surface area (Å²) in [7, 11) is -4.31. The van der Waals surface area contributed by atoms with Crippen molar-refractivity contribution >= 4 is 10.1 Å². The van der Waals surface area contributed by atoms with Gasteiger partial charge in [0.1, 0.15) is 12.6 Å². The third kappa shape index (κ3) is 2.94. The summed E-state index contributed by atoms with van der Waals surface area (Å²) in [4.78, 5) is 0. The van der Waals surface area contributed by atoms with E-state index in [2.05, 4.69) is 0 Å². The Morgan fingerprint density at radius 1 is 1.25 bits per heavy atom. The van der Waals surface area contributed by atoms with Crippen LogP contribution in [0.3, 0.4) is 0 Å². The zero-order valence-corrected chi connectivity index (χ0v) is 10.2. The SMILES string of the molecule is O=S(=O)([O-])CC(O)C[N+]12CCC(CC1)CC2. The Morgan fingerprint density at radius 3 is 2.19 bits per heavy atom. The highest BCUT2D eigenvalue weighted by atomic mass is 32.2. The average molecular weight is 249 g/mol. The van der Waals surface area contributed by atoms with E-state index in [1.54, 1.807) is 0 Å². The minimum atomic E-state index is -4.31. The molecule has 1 atom stereocenters. The number of piperidine rings is 3. The van der Waals surface area contributed by atoms with Crippen molar-refractivity contribution in [2.75, 3.05) is 31.9 Å². The number of quaternary nitrogens is 1. The Morgan fingerprint density at radius 2 is 1.75 bits per heavy atom. The first kappa shape index (κ1) is 12.3. The monoisotopic (exact) mass is 249 g/mol. The van der Waals surface area contributed by atoms with Crippen LogP contribution in [0, 0.1) is 5.92 Å². The highest BCUT2D eigenvalue weighted by molar-refractivity contribution is 7.85. The van der Waals surface area contributed by atoms with Gasteiger partial charge in [-0.1, -0.05) is 0 Å². The fourth-order valence-corrected chi connectivity index (χ4v) is 3.72. The molecule has 0 saturated carbocycles. The largest absolute Gasteiger partial charge is 0.748 e. The van der Waals surface area contributed by atoms with Crippen LogP contribution < -0.4 is 0 Å². The molecule has 0 spiro atoms. The lowest BCUT2D eigenvalue weighted by Gasteiger charge is -2.49. The van der Waals surface area contributed by atoms with Gasteiger partial charge in [-0.05, 0) is 25.2 Å².